The molecule has 0 bridgehead atoms. The van der Waals surface area contributed by atoms with E-state index in [0.29, 0.717) is 11.4 Å². The molecule has 1 saturated carbocycles. The normalized spacial score (nSPS) is 18.8. The Morgan fingerprint density at radius 3 is 2.38 bits per heavy atom. The van der Waals surface area contributed by atoms with E-state index in [1.807, 2.05) is 26.0 Å². The zero-order chi connectivity index (χ0) is 20.5. The summed E-state index contributed by atoms with van der Waals surface area (Å²) in [6, 6.07) is 8.75. The summed E-state index contributed by atoms with van der Waals surface area (Å²) in [5.41, 5.74) is 1.95. The van der Waals surface area contributed by atoms with E-state index in [2.05, 4.69) is 4.99 Å². The quantitative estimate of drug-likeness (QED) is 0.860. The van der Waals surface area contributed by atoms with E-state index < -0.39 is 11.2 Å². The molecule has 4 rings (SSSR count). The summed E-state index contributed by atoms with van der Waals surface area (Å²) >= 11 is 0. The van der Waals surface area contributed by atoms with Crippen LogP contribution in [-0.2, 0) is 0 Å². The lowest BCUT2D eigenvalue weighted by Crippen LogP contribution is -2.41. The molecule has 0 atom stereocenters. The highest BCUT2D eigenvalue weighted by Crippen LogP contribution is 2.31. The summed E-state index contributed by atoms with van der Waals surface area (Å²) < 4.78 is 2.57. The smallest absolute Gasteiger partial charge is 0.338 e. The van der Waals surface area contributed by atoms with Crippen molar-refractivity contribution in [2.75, 3.05) is 0 Å². The highest BCUT2D eigenvalue weighted by atomic mass is 16.3. The van der Waals surface area contributed by atoms with Crippen LogP contribution in [0.3, 0.4) is 0 Å². The lowest BCUT2D eigenvalue weighted by Gasteiger charge is -2.26. The zero-order valence-corrected chi connectivity index (χ0v) is 16.8. The largest absolute Gasteiger partial charge is 0.494 e. The Labute approximate surface area is 169 Å². The van der Waals surface area contributed by atoms with Gasteiger partial charge < -0.3 is 5.11 Å². The van der Waals surface area contributed by atoms with Crippen molar-refractivity contribution >= 4 is 11.8 Å². The van der Waals surface area contributed by atoms with Gasteiger partial charge in [0.15, 0.2) is 0 Å². The van der Waals surface area contributed by atoms with Gasteiger partial charge in [-0.25, -0.2) is 9.36 Å². The molecule has 6 heteroatoms. The Hall–Kier alpha value is -3.15. The van der Waals surface area contributed by atoms with Crippen LogP contribution in [0.25, 0.3) is 11.8 Å². The number of benzene rings is 1. The molecule has 0 amide bonds. The number of nitrogens with zero attached hydrogens (tertiary/aromatic N) is 3. The van der Waals surface area contributed by atoms with Gasteiger partial charge in [0, 0.05) is 11.8 Å². The number of aliphatic imine (C=N–C) groups is 1. The van der Waals surface area contributed by atoms with Crippen LogP contribution in [0.1, 0.15) is 57.6 Å². The average molecular weight is 391 g/mol. The Morgan fingerprint density at radius 1 is 1.07 bits per heavy atom. The van der Waals surface area contributed by atoms with E-state index in [-0.39, 0.29) is 17.5 Å². The summed E-state index contributed by atoms with van der Waals surface area (Å²) in [6.07, 6.45) is 8.28. The van der Waals surface area contributed by atoms with Crippen LogP contribution in [-0.4, -0.2) is 20.0 Å². The molecule has 1 aromatic heterocycles. The van der Waals surface area contributed by atoms with Gasteiger partial charge in [0.2, 0.25) is 5.88 Å². The summed E-state index contributed by atoms with van der Waals surface area (Å²) in [4.78, 5) is 31.1. The fourth-order valence-electron chi connectivity index (χ4n) is 4.21. The van der Waals surface area contributed by atoms with Crippen molar-refractivity contribution in [1.29, 1.82) is 0 Å². The summed E-state index contributed by atoms with van der Waals surface area (Å²) in [5.74, 6) is -0.265. The lowest BCUT2D eigenvalue weighted by atomic mass is 9.95. The number of allylic oxidation sites excluding steroid dienone is 2. The highest BCUT2D eigenvalue weighted by molar-refractivity contribution is 5.98. The number of aromatic nitrogens is 2. The Morgan fingerprint density at radius 2 is 1.76 bits per heavy atom. The van der Waals surface area contributed by atoms with E-state index in [1.54, 1.807) is 30.3 Å². The van der Waals surface area contributed by atoms with Crippen molar-refractivity contribution in [3.05, 3.63) is 74.1 Å². The first-order valence-electron chi connectivity index (χ1n) is 10.1. The van der Waals surface area contributed by atoms with Gasteiger partial charge in [0.1, 0.15) is 5.56 Å². The van der Waals surface area contributed by atoms with Crippen LogP contribution in [0.2, 0.25) is 0 Å². The third-order valence-electron chi connectivity index (χ3n) is 5.66. The third-order valence-corrected chi connectivity index (χ3v) is 5.66. The summed E-state index contributed by atoms with van der Waals surface area (Å²) in [6.45, 7) is 3.80. The number of rotatable bonds is 3. The predicted octanol–water partition coefficient (Wildman–Crippen LogP) is 3.97. The number of hydrogen-bond donors (Lipinski definition) is 1. The molecule has 1 N–H and O–H groups in total. The van der Waals surface area contributed by atoms with Crippen LogP contribution in [0.5, 0.6) is 5.88 Å². The van der Waals surface area contributed by atoms with Gasteiger partial charge >= 0.3 is 5.69 Å². The summed E-state index contributed by atoms with van der Waals surface area (Å²) in [5, 5.41) is 11.0. The second kappa shape index (κ2) is 7.70. The van der Waals surface area contributed by atoms with Crippen LogP contribution in [0, 0.1) is 0 Å². The van der Waals surface area contributed by atoms with Crippen LogP contribution in [0.4, 0.5) is 0 Å². The number of aromatic hydroxyl groups is 1. The molecule has 1 aromatic carbocycles. The minimum atomic E-state index is -0.536. The standard InChI is InChI=1S/C23H25N3O3/c1-15-13-16(2)24-20(15)14-19-21(27)25(17-9-5-3-6-10-17)23(29)26(22(19)28)18-11-7-4-8-12-18/h3,5-6,9-10,13-14,18,28H,4,7-8,11-12H2,1-2H3. The molecule has 0 radical (unpaired) electrons. The maximum Gasteiger partial charge on any atom is 0.338 e. The van der Waals surface area contributed by atoms with Crippen molar-refractivity contribution in [2.45, 2.75) is 52.0 Å². The third kappa shape index (κ3) is 3.50. The van der Waals surface area contributed by atoms with Crippen LogP contribution < -0.4 is 11.2 Å². The van der Waals surface area contributed by atoms with Crippen molar-refractivity contribution in [3.8, 4) is 11.6 Å². The second-order valence-electron chi connectivity index (χ2n) is 7.77. The van der Waals surface area contributed by atoms with Crippen molar-refractivity contribution in [2.24, 2.45) is 4.99 Å². The van der Waals surface area contributed by atoms with Gasteiger partial charge in [0.25, 0.3) is 5.56 Å². The molecule has 2 heterocycles. The van der Waals surface area contributed by atoms with Gasteiger partial charge in [-0.05, 0) is 56.5 Å². The molecule has 2 aromatic rings. The van der Waals surface area contributed by atoms with Crippen LogP contribution >= 0.6 is 0 Å². The average Bonchev–Trinajstić information content (AvgIpc) is 3.04. The first kappa shape index (κ1) is 19.2. The molecule has 0 spiro atoms. The molecular formula is C23H25N3O3. The van der Waals surface area contributed by atoms with Gasteiger partial charge in [-0.15, -0.1) is 0 Å². The van der Waals surface area contributed by atoms with Gasteiger partial charge in [0.05, 0.1) is 11.4 Å². The number of para-hydroxylation sites is 1. The fourth-order valence-corrected chi connectivity index (χ4v) is 4.21. The topological polar surface area (TPSA) is 76.6 Å². The molecule has 1 aliphatic carbocycles. The predicted molar refractivity (Wildman–Crippen MR) is 115 cm³/mol. The molecule has 1 fully saturated rings. The minimum Gasteiger partial charge on any atom is -0.494 e. The molecule has 1 aliphatic heterocycles. The first-order chi connectivity index (χ1) is 14.0. The molecule has 2 aliphatic rings. The van der Waals surface area contributed by atoms with Crippen molar-refractivity contribution in [3.63, 3.8) is 0 Å². The minimum absolute atomic E-state index is 0.0974. The second-order valence-corrected chi connectivity index (χ2v) is 7.77. The molecule has 6 nitrogen and oxygen atoms in total. The van der Waals surface area contributed by atoms with E-state index >= 15 is 0 Å². The van der Waals surface area contributed by atoms with E-state index in [4.69, 9.17) is 0 Å². The van der Waals surface area contributed by atoms with Crippen LogP contribution in [0.15, 0.2) is 62.3 Å². The monoisotopic (exact) mass is 391 g/mol. The van der Waals surface area contributed by atoms with E-state index in [9.17, 15) is 14.7 Å². The molecule has 150 valence electrons. The summed E-state index contributed by atoms with van der Waals surface area (Å²) in [7, 11) is 0. The SMILES string of the molecule is CC1=CC(C)=NC1=Cc1c(O)n(C2CCCCC2)c(=O)n(-c2ccccc2)c1=O. The molecule has 0 unspecified atom stereocenters. The van der Waals surface area contributed by atoms with Crippen molar-refractivity contribution in [1.82, 2.24) is 9.13 Å². The highest BCUT2D eigenvalue weighted by Gasteiger charge is 2.26. The molecule has 0 saturated heterocycles. The molecular weight excluding hydrogens is 366 g/mol. The zero-order valence-electron chi connectivity index (χ0n) is 16.8. The van der Waals surface area contributed by atoms with Crippen molar-refractivity contribution < 1.29 is 5.11 Å². The fraction of sp³-hybridized carbons (Fsp3) is 0.348. The number of hydrogen-bond acceptors (Lipinski definition) is 4. The van der Waals surface area contributed by atoms with Gasteiger partial charge in [-0.1, -0.05) is 37.5 Å². The van der Waals surface area contributed by atoms with E-state index in [0.717, 1.165) is 48.0 Å². The first-order valence-corrected chi connectivity index (χ1v) is 10.1. The van der Waals surface area contributed by atoms with E-state index in [1.165, 1.54) is 4.57 Å². The Balaban J connectivity index is 2.00. The maximum atomic E-state index is 13.3. The van der Waals surface area contributed by atoms with Gasteiger partial charge in [-0.3, -0.25) is 14.4 Å². The lowest BCUT2D eigenvalue weighted by molar-refractivity contribution is 0.295. The Bertz CT molecular complexity index is 1140. The Kier molecular flexibility index (Phi) is 5.09. The molecule has 29 heavy (non-hydrogen) atoms. The van der Waals surface area contributed by atoms with Gasteiger partial charge in [-0.2, -0.15) is 0 Å². The maximum absolute atomic E-state index is 13.3.